The summed E-state index contributed by atoms with van der Waals surface area (Å²) >= 11 is 0. The van der Waals surface area contributed by atoms with Crippen LogP contribution in [0.15, 0.2) is 30.3 Å². The quantitative estimate of drug-likeness (QED) is 0.700. The SMILES string of the molecule is CCCNCC=Cc1ccccc1CC. The molecule has 0 atom stereocenters. The molecule has 1 heteroatoms. The Balaban J connectivity index is 2.48. The molecule has 1 nitrogen and oxygen atoms in total. The molecule has 0 heterocycles. The number of rotatable bonds is 6. The highest BCUT2D eigenvalue weighted by molar-refractivity contribution is 5.53. The average Bonchev–Trinajstić information content (AvgIpc) is 2.29. The van der Waals surface area contributed by atoms with Gasteiger partial charge < -0.3 is 5.32 Å². The van der Waals surface area contributed by atoms with Gasteiger partial charge in [0.05, 0.1) is 0 Å². The van der Waals surface area contributed by atoms with Crippen LogP contribution < -0.4 is 5.32 Å². The molecule has 0 aliphatic rings. The van der Waals surface area contributed by atoms with Gasteiger partial charge in [-0.15, -0.1) is 0 Å². The topological polar surface area (TPSA) is 12.0 Å². The molecule has 0 spiro atoms. The van der Waals surface area contributed by atoms with E-state index in [0.29, 0.717) is 0 Å². The maximum absolute atomic E-state index is 3.36. The Labute approximate surface area is 93.2 Å². The maximum Gasteiger partial charge on any atom is 0.0138 e. The molecule has 0 unspecified atom stereocenters. The van der Waals surface area contributed by atoms with Crippen LogP contribution in [0, 0.1) is 0 Å². The zero-order chi connectivity index (χ0) is 10.9. The minimum Gasteiger partial charge on any atom is -0.313 e. The van der Waals surface area contributed by atoms with Crippen LogP contribution in [0.1, 0.15) is 31.4 Å². The van der Waals surface area contributed by atoms with Gasteiger partial charge in [0.15, 0.2) is 0 Å². The molecule has 0 radical (unpaired) electrons. The summed E-state index contributed by atoms with van der Waals surface area (Å²) in [5, 5.41) is 3.36. The first-order chi connectivity index (χ1) is 7.38. The highest BCUT2D eigenvalue weighted by atomic mass is 14.8. The van der Waals surface area contributed by atoms with Crippen molar-refractivity contribution in [2.75, 3.05) is 13.1 Å². The molecule has 1 aromatic carbocycles. The van der Waals surface area contributed by atoms with Crippen molar-refractivity contribution in [3.8, 4) is 0 Å². The van der Waals surface area contributed by atoms with Crippen molar-refractivity contribution in [1.29, 1.82) is 0 Å². The van der Waals surface area contributed by atoms with E-state index in [1.807, 2.05) is 0 Å². The van der Waals surface area contributed by atoms with Crippen LogP contribution >= 0.6 is 0 Å². The van der Waals surface area contributed by atoms with Crippen LogP contribution in [0.25, 0.3) is 6.08 Å². The first kappa shape index (κ1) is 12.0. The number of benzene rings is 1. The molecule has 0 saturated heterocycles. The Hall–Kier alpha value is -1.08. The minimum atomic E-state index is 0.964. The van der Waals surface area contributed by atoms with E-state index >= 15 is 0 Å². The summed E-state index contributed by atoms with van der Waals surface area (Å²) < 4.78 is 0. The fraction of sp³-hybridized carbons (Fsp3) is 0.429. The van der Waals surface area contributed by atoms with Crippen LogP contribution in [-0.2, 0) is 6.42 Å². The largest absolute Gasteiger partial charge is 0.313 e. The molecule has 0 aliphatic heterocycles. The second-order valence-corrected chi connectivity index (χ2v) is 3.66. The number of nitrogens with one attached hydrogen (secondary N) is 1. The predicted octanol–water partition coefficient (Wildman–Crippen LogP) is 3.26. The fourth-order valence-corrected chi connectivity index (χ4v) is 1.57. The summed E-state index contributed by atoms with van der Waals surface area (Å²) in [6.45, 7) is 6.44. The van der Waals surface area contributed by atoms with Gasteiger partial charge in [0.2, 0.25) is 0 Å². The zero-order valence-corrected chi connectivity index (χ0v) is 9.79. The van der Waals surface area contributed by atoms with Crippen molar-refractivity contribution in [2.45, 2.75) is 26.7 Å². The van der Waals surface area contributed by atoms with Crippen molar-refractivity contribution >= 4 is 6.08 Å². The van der Waals surface area contributed by atoms with E-state index in [-0.39, 0.29) is 0 Å². The van der Waals surface area contributed by atoms with Gasteiger partial charge in [0, 0.05) is 6.54 Å². The minimum absolute atomic E-state index is 0.964. The van der Waals surface area contributed by atoms with E-state index in [4.69, 9.17) is 0 Å². The number of hydrogen-bond donors (Lipinski definition) is 1. The lowest BCUT2D eigenvalue weighted by Gasteiger charge is -2.02. The van der Waals surface area contributed by atoms with Crippen LogP contribution in [-0.4, -0.2) is 13.1 Å². The smallest absolute Gasteiger partial charge is 0.0138 e. The molecule has 1 aromatic rings. The third-order valence-electron chi connectivity index (χ3n) is 2.42. The van der Waals surface area contributed by atoms with E-state index in [2.05, 4.69) is 55.6 Å². The monoisotopic (exact) mass is 203 g/mol. The highest BCUT2D eigenvalue weighted by Crippen LogP contribution is 2.10. The van der Waals surface area contributed by atoms with Crippen LogP contribution in [0.4, 0.5) is 0 Å². The fourth-order valence-electron chi connectivity index (χ4n) is 1.57. The third kappa shape index (κ3) is 4.30. The summed E-state index contributed by atoms with van der Waals surface area (Å²) in [7, 11) is 0. The standard InChI is InChI=1S/C14H21N/c1-3-11-15-12-7-10-14-9-6-5-8-13(14)4-2/h5-10,15H,3-4,11-12H2,1-2H3. The molecule has 1 N–H and O–H groups in total. The Morgan fingerprint density at radius 2 is 2.00 bits per heavy atom. The van der Waals surface area contributed by atoms with E-state index < -0.39 is 0 Å². The molecule has 15 heavy (non-hydrogen) atoms. The molecule has 0 aliphatic carbocycles. The van der Waals surface area contributed by atoms with E-state index in [9.17, 15) is 0 Å². The second-order valence-electron chi connectivity index (χ2n) is 3.66. The Morgan fingerprint density at radius 1 is 1.20 bits per heavy atom. The van der Waals surface area contributed by atoms with E-state index in [0.717, 1.165) is 19.5 Å². The number of hydrogen-bond acceptors (Lipinski definition) is 1. The lowest BCUT2D eigenvalue weighted by atomic mass is 10.1. The van der Waals surface area contributed by atoms with Gasteiger partial charge >= 0.3 is 0 Å². The van der Waals surface area contributed by atoms with E-state index in [1.165, 1.54) is 17.5 Å². The summed E-state index contributed by atoms with van der Waals surface area (Å²) in [6, 6.07) is 8.57. The van der Waals surface area contributed by atoms with Gasteiger partial charge in [0.25, 0.3) is 0 Å². The molecule has 1 rings (SSSR count). The van der Waals surface area contributed by atoms with Gasteiger partial charge in [0.1, 0.15) is 0 Å². The Kier molecular flexibility index (Phi) is 5.79. The number of aryl methyl sites for hydroxylation is 1. The Bertz CT molecular complexity index is 302. The highest BCUT2D eigenvalue weighted by Gasteiger charge is 1.93. The van der Waals surface area contributed by atoms with E-state index in [1.54, 1.807) is 0 Å². The summed E-state index contributed by atoms with van der Waals surface area (Å²) in [4.78, 5) is 0. The van der Waals surface area contributed by atoms with Gasteiger partial charge in [-0.25, -0.2) is 0 Å². The van der Waals surface area contributed by atoms with Gasteiger partial charge in [-0.1, -0.05) is 50.3 Å². The third-order valence-corrected chi connectivity index (χ3v) is 2.42. The van der Waals surface area contributed by atoms with Gasteiger partial charge in [-0.3, -0.25) is 0 Å². The van der Waals surface area contributed by atoms with Crippen LogP contribution in [0.5, 0.6) is 0 Å². The lowest BCUT2D eigenvalue weighted by molar-refractivity contribution is 0.730. The maximum atomic E-state index is 3.36. The van der Waals surface area contributed by atoms with Gasteiger partial charge in [-0.2, -0.15) is 0 Å². The molecule has 0 bridgehead atoms. The van der Waals surface area contributed by atoms with Crippen molar-refractivity contribution in [1.82, 2.24) is 5.32 Å². The second kappa shape index (κ2) is 7.24. The molecular formula is C14H21N. The molecule has 0 saturated carbocycles. The normalized spacial score (nSPS) is 11.1. The Morgan fingerprint density at radius 3 is 2.73 bits per heavy atom. The van der Waals surface area contributed by atoms with Crippen molar-refractivity contribution in [3.05, 3.63) is 41.5 Å². The average molecular weight is 203 g/mol. The van der Waals surface area contributed by atoms with Crippen LogP contribution in [0.2, 0.25) is 0 Å². The summed E-state index contributed by atoms with van der Waals surface area (Å²) in [5.41, 5.74) is 2.77. The molecule has 82 valence electrons. The van der Waals surface area contributed by atoms with Crippen molar-refractivity contribution in [2.24, 2.45) is 0 Å². The predicted molar refractivity (Wildman–Crippen MR) is 68.0 cm³/mol. The summed E-state index contributed by atoms with van der Waals surface area (Å²) in [6.07, 6.45) is 6.70. The molecule has 0 amide bonds. The summed E-state index contributed by atoms with van der Waals surface area (Å²) in [5.74, 6) is 0. The molecular weight excluding hydrogens is 182 g/mol. The first-order valence-electron chi connectivity index (χ1n) is 5.83. The molecule has 0 aromatic heterocycles. The zero-order valence-electron chi connectivity index (χ0n) is 9.79. The van der Waals surface area contributed by atoms with Crippen LogP contribution in [0.3, 0.4) is 0 Å². The lowest BCUT2D eigenvalue weighted by Crippen LogP contribution is -2.13. The first-order valence-corrected chi connectivity index (χ1v) is 5.83. The van der Waals surface area contributed by atoms with Crippen molar-refractivity contribution < 1.29 is 0 Å². The van der Waals surface area contributed by atoms with Crippen molar-refractivity contribution in [3.63, 3.8) is 0 Å². The van der Waals surface area contributed by atoms with Gasteiger partial charge in [-0.05, 0) is 30.5 Å². The molecule has 0 fully saturated rings.